The van der Waals surface area contributed by atoms with Crippen molar-refractivity contribution in [2.45, 2.75) is 43.0 Å². The fraction of sp³-hybridized carbons (Fsp3) is 0.409. The zero-order valence-electron chi connectivity index (χ0n) is 17.3. The van der Waals surface area contributed by atoms with Gasteiger partial charge in [0.05, 0.1) is 22.7 Å². The fourth-order valence-corrected chi connectivity index (χ4v) is 5.43. The molecule has 2 aromatic rings. The van der Waals surface area contributed by atoms with E-state index in [9.17, 15) is 13.2 Å². The normalized spacial score (nSPS) is 14.9. The molecule has 8 heteroatoms. The zero-order chi connectivity index (χ0) is 21.7. The number of benzene rings is 2. The summed E-state index contributed by atoms with van der Waals surface area (Å²) in [7, 11) is -0.719. The highest BCUT2D eigenvalue weighted by Crippen LogP contribution is 2.32. The number of amides is 1. The van der Waals surface area contributed by atoms with E-state index in [4.69, 9.17) is 16.3 Å². The summed E-state index contributed by atoms with van der Waals surface area (Å²) < 4.78 is 33.1. The summed E-state index contributed by atoms with van der Waals surface area (Å²) in [6.07, 6.45) is 5.24. The highest BCUT2D eigenvalue weighted by molar-refractivity contribution is 7.92. The van der Waals surface area contributed by atoms with Crippen LogP contribution >= 0.6 is 11.6 Å². The molecule has 6 nitrogen and oxygen atoms in total. The first kappa shape index (κ1) is 22.4. The van der Waals surface area contributed by atoms with Crippen LogP contribution in [-0.4, -0.2) is 46.0 Å². The molecule has 1 fully saturated rings. The van der Waals surface area contributed by atoms with E-state index in [1.807, 2.05) is 0 Å². The maximum absolute atomic E-state index is 13.4. The Balaban J connectivity index is 1.95. The van der Waals surface area contributed by atoms with Gasteiger partial charge in [-0.2, -0.15) is 0 Å². The average Bonchev–Trinajstić information content (AvgIpc) is 2.77. The van der Waals surface area contributed by atoms with Crippen LogP contribution in [0, 0.1) is 0 Å². The van der Waals surface area contributed by atoms with E-state index >= 15 is 0 Å². The summed E-state index contributed by atoms with van der Waals surface area (Å²) in [5.41, 5.74) is 0.315. The van der Waals surface area contributed by atoms with Gasteiger partial charge in [0.1, 0.15) is 12.3 Å². The molecule has 0 bridgehead atoms. The number of anilines is 1. The van der Waals surface area contributed by atoms with Gasteiger partial charge in [-0.25, -0.2) is 8.42 Å². The van der Waals surface area contributed by atoms with Crippen LogP contribution in [0.4, 0.5) is 5.69 Å². The summed E-state index contributed by atoms with van der Waals surface area (Å²) in [5.74, 6) is 0.191. The molecule has 0 heterocycles. The van der Waals surface area contributed by atoms with Gasteiger partial charge in [0.15, 0.2) is 0 Å². The number of ether oxygens (including phenoxy) is 1. The van der Waals surface area contributed by atoms with E-state index in [-0.39, 0.29) is 28.4 Å². The molecule has 0 N–H and O–H groups in total. The summed E-state index contributed by atoms with van der Waals surface area (Å²) in [6.45, 7) is -0.299. The van der Waals surface area contributed by atoms with Crippen molar-refractivity contribution >= 4 is 33.2 Å². The third-order valence-corrected chi connectivity index (χ3v) is 7.63. The highest BCUT2D eigenvalue weighted by atomic mass is 35.5. The van der Waals surface area contributed by atoms with Crippen LogP contribution in [0.1, 0.15) is 32.1 Å². The van der Waals surface area contributed by atoms with Crippen molar-refractivity contribution in [1.29, 1.82) is 0 Å². The van der Waals surface area contributed by atoms with Crippen molar-refractivity contribution in [1.82, 2.24) is 4.90 Å². The van der Waals surface area contributed by atoms with E-state index in [0.717, 1.165) is 30.0 Å². The molecule has 0 radical (unpaired) electrons. The number of nitrogens with zero attached hydrogens (tertiary/aromatic N) is 2. The van der Waals surface area contributed by atoms with Crippen molar-refractivity contribution < 1.29 is 17.9 Å². The molecule has 0 spiro atoms. The lowest BCUT2D eigenvalue weighted by molar-refractivity contribution is -0.130. The molecule has 2 aromatic carbocycles. The molecule has 3 rings (SSSR count). The van der Waals surface area contributed by atoms with E-state index in [1.165, 1.54) is 31.7 Å². The van der Waals surface area contributed by atoms with Crippen LogP contribution in [0.25, 0.3) is 0 Å². The van der Waals surface area contributed by atoms with Crippen molar-refractivity contribution in [3.05, 3.63) is 53.6 Å². The van der Waals surface area contributed by atoms with Crippen molar-refractivity contribution in [2.24, 2.45) is 0 Å². The van der Waals surface area contributed by atoms with Gasteiger partial charge < -0.3 is 9.64 Å². The van der Waals surface area contributed by atoms with Crippen LogP contribution in [0.15, 0.2) is 53.4 Å². The molecule has 0 saturated heterocycles. The predicted molar refractivity (Wildman–Crippen MR) is 119 cm³/mol. The summed E-state index contributed by atoms with van der Waals surface area (Å²) >= 11 is 6.25. The first-order valence-electron chi connectivity index (χ1n) is 10.0. The molecule has 0 unspecified atom stereocenters. The SMILES string of the molecule is COc1ccc(N(CC(=O)N(C)C2CCCCC2)S(=O)(=O)c2ccccc2)cc1Cl. The Morgan fingerprint density at radius 2 is 1.77 bits per heavy atom. The van der Waals surface area contributed by atoms with Gasteiger partial charge in [0.25, 0.3) is 10.0 Å². The van der Waals surface area contributed by atoms with Crippen LogP contribution in [0.3, 0.4) is 0 Å². The summed E-state index contributed by atoms with van der Waals surface area (Å²) in [6, 6.07) is 12.9. The van der Waals surface area contributed by atoms with Crippen molar-refractivity contribution in [2.75, 3.05) is 25.0 Å². The minimum absolute atomic E-state index is 0.116. The van der Waals surface area contributed by atoms with E-state index in [1.54, 1.807) is 42.3 Å². The molecule has 0 atom stereocenters. The Hall–Kier alpha value is -2.25. The van der Waals surface area contributed by atoms with E-state index in [2.05, 4.69) is 0 Å². The molecule has 1 aliphatic carbocycles. The van der Waals surface area contributed by atoms with Gasteiger partial charge in [-0.3, -0.25) is 9.10 Å². The van der Waals surface area contributed by atoms with Crippen LogP contribution in [0.2, 0.25) is 5.02 Å². The van der Waals surface area contributed by atoms with Gasteiger partial charge >= 0.3 is 0 Å². The molecule has 0 aromatic heterocycles. The second kappa shape index (κ2) is 9.71. The van der Waals surface area contributed by atoms with Crippen molar-refractivity contribution in [3.63, 3.8) is 0 Å². The number of likely N-dealkylation sites (N-methyl/N-ethyl adjacent to an activating group) is 1. The number of carbonyl (C=O) groups is 1. The van der Waals surface area contributed by atoms with Gasteiger partial charge in [-0.1, -0.05) is 49.1 Å². The number of hydrogen-bond donors (Lipinski definition) is 0. The quantitative estimate of drug-likeness (QED) is 0.629. The smallest absolute Gasteiger partial charge is 0.264 e. The van der Waals surface area contributed by atoms with Crippen LogP contribution in [0.5, 0.6) is 5.75 Å². The second-order valence-corrected chi connectivity index (χ2v) is 9.71. The molecular weight excluding hydrogens is 424 g/mol. The summed E-state index contributed by atoms with van der Waals surface area (Å²) in [5, 5.41) is 0.274. The lowest BCUT2D eigenvalue weighted by Crippen LogP contribution is -2.45. The molecule has 1 aliphatic rings. The number of methoxy groups -OCH3 is 1. The van der Waals surface area contributed by atoms with Crippen LogP contribution in [-0.2, 0) is 14.8 Å². The topological polar surface area (TPSA) is 66.9 Å². The first-order chi connectivity index (χ1) is 14.3. The number of hydrogen-bond acceptors (Lipinski definition) is 4. The van der Waals surface area contributed by atoms with Crippen LogP contribution < -0.4 is 9.04 Å². The monoisotopic (exact) mass is 450 g/mol. The third-order valence-electron chi connectivity index (χ3n) is 5.55. The first-order valence-corrected chi connectivity index (χ1v) is 11.8. The van der Waals surface area contributed by atoms with E-state index in [0.29, 0.717) is 11.4 Å². The van der Waals surface area contributed by atoms with Crippen molar-refractivity contribution in [3.8, 4) is 5.75 Å². The Morgan fingerprint density at radius 3 is 2.37 bits per heavy atom. The zero-order valence-corrected chi connectivity index (χ0v) is 18.8. The molecule has 30 heavy (non-hydrogen) atoms. The molecule has 1 saturated carbocycles. The Bertz CT molecular complexity index is 976. The molecule has 162 valence electrons. The predicted octanol–water partition coefficient (Wildman–Crippen LogP) is 4.34. The minimum Gasteiger partial charge on any atom is -0.495 e. The molecule has 0 aliphatic heterocycles. The maximum Gasteiger partial charge on any atom is 0.264 e. The summed E-state index contributed by atoms with van der Waals surface area (Å²) in [4.78, 5) is 14.9. The van der Waals surface area contributed by atoms with Gasteiger partial charge in [-0.05, 0) is 43.2 Å². The number of rotatable bonds is 7. The second-order valence-electron chi connectivity index (χ2n) is 7.44. The Kier molecular flexibility index (Phi) is 7.26. The number of sulfonamides is 1. The Labute approximate surface area is 183 Å². The van der Waals surface area contributed by atoms with E-state index < -0.39 is 10.0 Å². The number of carbonyl (C=O) groups excluding carboxylic acids is 1. The standard InChI is InChI=1S/C22H27ClN2O4S/c1-24(17-9-5-3-6-10-17)22(26)16-25(18-13-14-21(29-2)20(23)15-18)30(27,28)19-11-7-4-8-12-19/h4,7-8,11-15,17H,3,5-6,9-10,16H2,1-2H3. The largest absolute Gasteiger partial charge is 0.495 e. The average molecular weight is 451 g/mol. The third kappa shape index (κ3) is 4.90. The van der Waals surface area contributed by atoms with Gasteiger partial charge in [0, 0.05) is 13.1 Å². The minimum atomic E-state index is -3.96. The molecular formula is C22H27ClN2O4S. The number of halogens is 1. The van der Waals surface area contributed by atoms with Gasteiger partial charge in [0.2, 0.25) is 5.91 Å². The fourth-order valence-electron chi connectivity index (χ4n) is 3.75. The maximum atomic E-state index is 13.4. The lowest BCUT2D eigenvalue weighted by atomic mass is 9.94. The lowest BCUT2D eigenvalue weighted by Gasteiger charge is -2.33. The molecule has 1 amide bonds. The van der Waals surface area contributed by atoms with Gasteiger partial charge in [-0.15, -0.1) is 0 Å². The Morgan fingerprint density at radius 1 is 1.10 bits per heavy atom. The highest BCUT2D eigenvalue weighted by Gasteiger charge is 2.30.